The Morgan fingerprint density at radius 2 is 1.59 bits per heavy atom. The fraction of sp³-hybridized carbons (Fsp3) is 0.806. The minimum absolute atomic E-state index is 0.0682. The Balaban J connectivity index is 1.50. The number of nitrogens with two attached hydrogens (primary N) is 1. The lowest BCUT2D eigenvalue weighted by atomic mass is 9.80. The maximum Gasteiger partial charge on any atom is 0.316 e. The van der Waals surface area contributed by atoms with Gasteiger partial charge in [-0.3, -0.25) is 24.0 Å². The maximum absolute atomic E-state index is 14.2. The van der Waals surface area contributed by atoms with Gasteiger partial charge in [-0.1, -0.05) is 53.9 Å². The van der Waals surface area contributed by atoms with E-state index in [4.69, 9.17) is 10.5 Å². The number of rotatable bonds is 10. The highest BCUT2D eigenvalue weighted by atomic mass is 16.5. The highest BCUT2D eigenvalue weighted by Gasteiger charge is 2.70. The van der Waals surface area contributed by atoms with Gasteiger partial charge in [-0.05, 0) is 48.9 Å². The Bertz CT molecular complexity index is 1180. The van der Waals surface area contributed by atoms with Crippen molar-refractivity contribution in [1.29, 1.82) is 0 Å². The Labute approximate surface area is 259 Å². The number of nitrogens with zero attached hydrogens (tertiary/aromatic N) is 2. The summed E-state index contributed by atoms with van der Waals surface area (Å²) in [7, 11) is 0. The van der Waals surface area contributed by atoms with Crippen LogP contribution in [0.2, 0.25) is 0 Å². The van der Waals surface area contributed by atoms with E-state index in [-0.39, 0.29) is 29.1 Å². The summed E-state index contributed by atoms with van der Waals surface area (Å²) in [5, 5.41) is 8.30. The Morgan fingerprint density at radius 3 is 2.11 bits per heavy atom. The fourth-order valence-corrected chi connectivity index (χ4v) is 7.02. The van der Waals surface area contributed by atoms with Crippen LogP contribution >= 0.6 is 0 Å². The van der Waals surface area contributed by atoms with Gasteiger partial charge in [0.15, 0.2) is 0 Å². The van der Waals surface area contributed by atoms with Crippen molar-refractivity contribution in [3.05, 3.63) is 0 Å². The smallest absolute Gasteiger partial charge is 0.316 e. The van der Waals surface area contributed by atoms with Crippen LogP contribution in [0.1, 0.15) is 74.1 Å². The Morgan fingerprint density at radius 1 is 0.977 bits per heavy atom. The summed E-state index contributed by atoms with van der Waals surface area (Å²) in [5.74, 6) is -2.96. The molecule has 5 atom stereocenters. The van der Waals surface area contributed by atoms with Crippen molar-refractivity contribution in [3.63, 3.8) is 0 Å². The quantitative estimate of drug-likeness (QED) is 0.258. The van der Waals surface area contributed by atoms with Crippen molar-refractivity contribution in [2.75, 3.05) is 32.8 Å². The maximum atomic E-state index is 14.2. The SMILES string of the molecule is CC(C)(NC(=O)N[C@H](C(=O)N1C[C@H]2[C@@H]([C@H]1C(=O)NC(CC1CCC1)C(=O)C(N)=O)C2(C)C)C(C)(C)C)C(=O)N1CCOCC1. The third-order valence-electron chi connectivity index (χ3n) is 10.1. The second kappa shape index (κ2) is 12.3. The number of likely N-dealkylation sites (tertiary alicyclic amines) is 1. The fourth-order valence-electron chi connectivity index (χ4n) is 7.02. The molecular formula is C31H50N6O7. The minimum atomic E-state index is -1.24. The van der Waals surface area contributed by atoms with E-state index in [1.807, 2.05) is 34.6 Å². The van der Waals surface area contributed by atoms with Crippen molar-refractivity contribution < 1.29 is 33.5 Å². The van der Waals surface area contributed by atoms with Crippen LogP contribution in [0.15, 0.2) is 0 Å². The van der Waals surface area contributed by atoms with E-state index in [0.29, 0.717) is 39.3 Å². The van der Waals surface area contributed by atoms with Gasteiger partial charge in [0, 0.05) is 19.6 Å². The molecular weight excluding hydrogens is 568 g/mol. The molecule has 13 nitrogen and oxygen atoms in total. The Hall–Kier alpha value is -3.22. The number of Topliss-reactive ketones (excluding diaryl/α,β-unsaturated/α-hetero) is 1. The number of ketones is 1. The molecule has 2 saturated carbocycles. The first kappa shape index (κ1) is 33.7. The summed E-state index contributed by atoms with van der Waals surface area (Å²) >= 11 is 0. The molecule has 6 amide bonds. The number of fused-ring (bicyclic) bond motifs is 1. The van der Waals surface area contributed by atoms with Gasteiger partial charge in [-0.2, -0.15) is 0 Å². The molecule has 2 heterocycles. The molecule has 4 aliphatic rings. The van der Waals surface area contributed by atoms with Crippen molar-refractivity contribution in [2.24, 2.45) is 34.3 Å². The van der Waals surface area contributed by atoms with E-state index in [2.05, 4.69) is 16.0 Å². The van der Waals surface area contributed by atoms with Gasteiger partial charge in [0.1, 0.15) is 17.6 Å². The van der Waals surface area contributed by atoms with Crippen molar-refractivity contribution in [1.82, 2.24) is 25.8 Å². The van der Waals surface area contributed by atoms with Gasteiger partial charge >= 0.3 is 6.03 Å². The predicted octanol–water partition coefficient (Wildman–Crippen LogP) is 0.550. The summed E-state index contributed by atoms with van der Waals surface area (Å²) < 4.78 is 5.32. The van der Waals surface area contributed by atoms with Crippen LogP contribution in [0.25, 0.3) is 0 Å². The zero-order chi connectivity index (χ0) is 32.8. The largest absolute Gasteiger partial charge is 0.378 e. The normalized spacial score (nSPS) is 26.0. The number of hydrogen-bond acceptors (Lipinski definition) is 7. The molecule has 2 aliphatic heterocycles. The zero-order valence-electron chi connectivity index (χ0n) is 27.2. The molecule has 0 bridgehead atoms. The molecule has 1 unspecified atom stereocenters. The summed E-state index contributed by atoms with van der Waals surface area (Å²) in [6.07, 6.45) is 3.20. The second-order valence-electron chi connectivity index (χ2n) is 15.1. The van der Waals surface area contributed by atoms with Crippen LogP contribution in [0, 0.1) is 28.6 Å². The minimum Gasteiger partial charge on any atom is -0.378 e. The lowest BCUT2D eigenvalue weighted by molar-refractivity contribution is -0.145. The zero-order valence-corrected chi connectivity index (χ0v) is 27.2. The number of urea groups is 1. The molecule has 2 saturated heterocycles. The van der Waals surface area contributed by atoms with Crippen LogP contribution in [0.5, 0.6) is 0 Å². The second-order valence-corrected chi connectivity index (χ2v) is 15.1. The Kier molecular flexibility index (Phi) is 9.40. The molecule has 5 N–H and O–H groups in total. The van der Waals surface area contributed by atoms with E-state index in [1.165, 1.54) is 4.90 Å². The molecule has 246 valence electrons. The third-order valence-corrected chi connectivity index (χ3v) is 10.1. The molecule has 0 spiro atoms. The molecule has 0 aromatic heterocycles. The number of morpholine rings is 1. The summed E-state index contributed by atoms with van der Waals surface area (Å²) in [6, 6.07) is -3.62. The van der Waals surface area contributed by atoms with Crippen molar-refractivity contribution in [2.45, 2.75) is 97.8 Å². The van der Waals surface area contributed by atoms with Crippen LogP contribution in [-0.2, 0) is 28.7 Å². The van der Waals surface area contributed by atoms with Gasteiger partial charge in [0.05, 0.1) is 19.3 Å². The van der Waals surface area contributed by atoms with E-state index < -0.39 is 58.6 Å². The molecule has 0 radical (unpaired) electrons. The average molecular weight is 619 g/mol. The molecule has 13 heteroatoms. The highest BCUT2D eigenvalue weighted by Crippen LogP contribution is 2.65. The average Bonchev–Trinajstić information content (AvgIpc) is 3.23. The number of amides is 6. The van der Waals surface area contributed by atoms with Gasteiger partial charge in [-0.15, -0.1) is 0 Å². The van der Waals surface area contributed by atoms with Crippen LogP contribution in [0.4, 0.5) is 4.79 Å². The molecule has 0 aromatic carbocycles. The monoisotopic (exact) mass is 618 g/mol. The van der Waals surface area contributed by atoms with E-state index in [0.717, 1.165) is 19.3 Å². The third kappa shape index (κ3) is 6.87. The van der Waals surface area contributed by atoms with Gasteiger partial charge in [-0.25, -0.2) is 4.79 Å². The van der Waals surface area contributed by atoms with Gasteiger partial charge in [0.25, 0.3) is 5.91 Å². The topological polar surface area (TPSA) is 180 Å². The van der Waals surface area contributed by atoms with Crippen molar-refractivity contribution in [3.8, 4) is 0 Å². The highest BCUT2D eigenvalue weighted by molar-refractivity contribution is 6.37. The number of ether oxygens (including phenoxy) is 1. The molecule has 2 aliphatic carbocycles. The van der Waals surface area contributed by atoms with E-state index in [9.17, 15) is 28.8 Å². The number of piperidine rings is 1. The molecule has 4 fully saturated rings. The molecule has 4 rings (SSSR count). The van der Waals surface area contributed by atoms with Crippen molar-refractivity contribution >= 4 is 35.4 Å². The number of primary amides is 1. The molecule has 0 aromatic rings. The first-order valence-electron chi connectivity index (χ1n) is 15.8. The first-order valence-corrected chi connectivity index (χ1v) is 15.8. The van der Waals surface area contributed by atoms with E-state index in [1.54, 1.807) is 18.7 Å². The predicted molar refractivity (Wildman–Crippen MR) is 161 cm³/mol. The number of nitrogens with one attached hydrogen (secondary N) is 3. The summed E-state index contributed by atoms with van der Waals surface area (Å²) in [5.41, 5.74) is 3.14. The first-order chi connectivity index (χ1) is 20.4. The number of hydrogen-bond donors (Lipinski definition) is 4. The molecule has 44 heavy (non-hydrogen) atoms. The van der Waals surface area contributed by atoms with Crippen LogP contribution < -0.4 is 21.7 Å². The van der Waals surface area contributed by atoms with E-state index >= 15 is 0 Å². The number of carbonyl (C=O) groups is 6. The lowest BCUT2D eigenvalue weighted by Crippen LogP contribution is -2.64. The lowest BCUT2D eigenvalue weighted by Gasteiger charge is -2.39. The number of carbonyl (C=O) groups excluding carboxylic acids is 6. The van der Waals surface area contributed by atoms with Crippen LogP contribution in [0.3, 0.4) is 0 Å². The summed E-state index contributed by atoms with van der Waals surface area (Å²) in [6.45, 7) is 14.8. The van der Waals surface area contributed by atoms with Crippen LogP contribution in [-0.4, -0.2) is 102 Å². The summed E-state index contributed by atoms with van der Waals surface area (Å²) in [4.78, 5) is 82.1. The van der Waals surface area contributed by atoms with Gasteiger partial charge < -0.3 is 36.2 Å². The standard InChI is InChI=1S/C31H50N6O7/c1-29(2,3)23(34-28(43)35-31(6,7)27(42)36-11-13-44-14-12-36)26(41)37-16-18-20(30(18,4)5)21(37)25(40)33-19(22(38)24(32)39)15-17-9-8-10-17/h17-21,23H,8-16H2,1-7H3,(H2,32,39)(H,33,40)(H2,34,35,43)/t18-,19?,20-,21-,23+/m0/s1. The van der Waals surface area contributed by atoms with Gasteiger partial charge in [0.2, 0.25) is 23.5 Å².